The van der Waals surface area contributed by atoms with E-state index in [-0.39, 0.29) is 18.2 Å². The summed E-state index contributed by atoms with van der Waals surface area (Å²) in [7, 11) is 0. The second-order valence-corrected chi connectivity index (χ2v) is 4.40. The van der Waals surface area contributed by atoms with Crippen molar-refractivity contribution in [1.29, 1.82) is 0 Å². The van der Waals surface area contributed by atoms with Crippen molar-refractivity contribution >= 4 is 17.3 Å². The maximum Gasteiger partial charge on any atom is 0.239 e. The van der Waals surface area contributed by atoms with Crippen molar-refractivity contribution in [3.63, 3.8) is 0 Å². The standard InChI is InChI=1S/C13H18FN3O2/c1-2-19-12-7-11(10(15)6-9(12)14)17-5-3-4-16-13(18)8-17/h6-7H,2-5,8,15H2,1H3,(H,16,18). The van der Waals surface area contributed by atoms with Gasteiger partial charge in [-0.3, -0.25) is 4.79 Å². The van der Waals surface area contributed by atoms with Gasteiger partial charge in [-0.05, 0) is 13.3 Å². The molecule has 1 aromatic carbocycles. The van der Waals surface area contributed by atoms with Crippen molar-refractivity contribution in [2.24, 2.45) is 0 Å². The number of nitrogen functional groups attached to an aromatic ring is 1. The molecule has 2 rings (SSSR count). The summed E-state index contributed by atoms with van der Waals surface area (Å²) in [5.74, 6) is -0.377. The van der Waals surface area contributed by atoms with Crippen molar-refractivity contribution in [3.8, 4) is 5.75 Å². The van der Waals surface area contributed by atoms with Crippen LogP contribution in [0.3, 0.4) is 0 Å². The first-order valence-corrected chi connectivity index (χ1v) is 6.35. The zero-order valence-electron chi connectivity index (χ0n) is 10.9. The molecule has 19 heavy (non-hydrogen) atoms. The van der Waals surface area contributed by atoms with Crippen LogP contribution in [0, 0.1) is 5.82 Å². The number of rotatable bonds is 3. The van der Waals surface area contributed by atoms with E-state index in [9.17, 15) is 9.18 Å². The Morgan fingerprint density at radius 2 is 2.32 bits per heavy atom. The van der Waals surface area contributed by atoms with Crippen molar-refractivity contribution in [3.05, 3.63) is 17.9 Å². The molecule has 0 spiro atoms. The monoisotopic (exact) mass is 267 g/mol. The quantitative estimate of drug-likeness (QED) is 0.806. The van der Waals surface area contributed by atoms with Gasteiger partial charge in [0.05, 0.1) is 24.5 Å². The van der Waals surface area contributed by atoms with Gasteiger partial charge in [-0.1, -0.05) is 0 Å². The number of hydrogen-bond acceptors (Lipinski definition) is 4. The van der Waals surface area contributed by atoms with E-state index in [1.54, 1.807) is 13.0 Å². The van der Waals surface area contributed by atoms with Gasteiger partial charge >= 0.3 is 0 Å². The number of nitrogens with zero attached hydrogens (tertiary/aromatic N) is 1. The largest absolute Gasteiger partial charge is 0.491 e. The average Bonchev–Trinajstić information content (AvgIpc) is 2.57. The summed E-state index contributed by atoms with van der Waals surface area (Å²) in [6.45, 7) is 3.73. The molecule has 0 saturated carbocycles. The topological polar surface area (TPSA) is 67.6 Å². The number of hydrogen-bond donors (Lipinski definition) is 2. The van der Waals surface area contributed by atoms with E-state index < -0.39 is 5.82 Å². The van der Waals surface area contributed by atoms with Crippen LogP contribution in [0.1, 0.15) is 13.3 Å². The van der Waals surface area contributed by atoms with Crippen molar-refractivity contribution < 1.29 is 13.9 Å². The van der Waals surface area contributed by atoms with E-state index >= 15 is 0 Å². The summed E-state index contributed by atoms with van der Waals surface area (Å²) in [6, 6.07) is 2.80. The highest BCUT2D eigenvalue weighted by Gasteiger charge is 2.19. The van der Waals surface area contributed by atoms with Gasteiger partial charge in [-0.25, -0.2) is 4.39 Å². The van der Waals surface area contributed by atoms with E-state index in [1.807, 2.05) is 4.90 Å². The normalized spacial score (nSPS) is 15.9. The fourth-order valence-electron chi connectivity index (χ4n) is 2.11. The lowest BCUT2D eigenvalue weighted by Gasteiger charge is -2.23. The molecule has 1 aliphatic rings. The van der Waals surface area contributed by atoms with Crippen LogP contribution in [0.4, 0.5) is 15.8 Å². The molecule has 1 heterocycles. The minimum Gasteiger partial charge on any atom is -0.491 e. The van der Waals surface area contributed by atoms with Gasteiger partial charge in [0.1, 0.15) is 0 Å². The van der Waals surface area contributed by atoms with Crippen molar-refractivity contribution in [1.82, 2.24) is 5.32 Å². The molecule has 1 aliphatic heterocycles. The molecule has 0 unspecified atom stereocenters. The first-order valence-electron chi connectivity index (χ1n) is 6.35. The van der Waals surface area contributed by atoms with Gasteiger partial charge in [0.15, 0.2) is 11.6 Å². The highest BCUT2D eigenvalue weighted by Crippen LogP contribution is 2.31. The Hall–Kier alpha value is -1.98. The average molecular weight is 267 g/mol. The molecule has 3 N–H and O–H groups in total. The van der Waals surface area contributed by atoms with E-state index in [0.29, 0.717) is 31.1 Å². The smallest absolute Gasteiger partial charge is 0.239 e. The van der Waals surface area contributed by atoms with Gasteiger partial charge < -0.3 is 20.7 Å². The third kappa shape index (κ3) is 3.07. The Morgan fingerprint density at radius 3 is 3.05 bits per heavy atom. The van der Waals surface area contributed by atoms with Crippen LogP contribution < -0.4 is 20.7 Å². The summed E-state index contributed by atoms with van der Waals surface area (Å²) in [4.78, 5) is 13.4. The zero-order valence-corrected chi connectivity index (χ0v) is 10.9. The molecule has 0 radical (unpaired) electrons. The molecule has 104 valence electrons. The lowest BCUT2D eigenvalue weighted by atomic mass is 10.2. The van der Waals surface area contributed by atoms with Crippen LogP contribution >= 0.6 is 0 Å². The number of nitrogens with one attached hydrogen (secondary N) is 1. The Bertz CT molecular complexity index is 479. The first-order chi connectivity index (χ1) is 9.11. The van der Waals surface area contributed by atoms with Crippen LogP contribution in [0.5, 0.6) is 5.75 Å². The number of carbonyl (C=O) groups excluding carboxylic acids is 1. The molecule has 5 nitrogen and oxygen atoms in total. The van der Waals surface area contributed by atoms with Gasteiger partial charge in [-0.2, -0.15) is 0 Å². The van der Waals surface area contributed by atoms with Crippen LogP contribution in [-0.4, -0.2) is 32.1 Å². The summed E-state index contributed by atoms with van der Waals surface area (Å²) < 4.78 is 18.9. The Morgan fingerprint density at radius 1 is 1.53 bits per heavy atom. The third-order valence-corrected chi connectivity index (χ3v) is 2.98. The predicted octanol–water partition coefficient (Wildman–Crippen LogP) is 1.13. The number of benzene rings is 1. The van der Waals surface area contributed by atoms with E-state index in [1.165, 1.54) is 6.07 Å². The molecule has 0 aliphatic carbocycles. The molecule has 0 atom stereocenters. The summed E-state index contributed by atoms with van der Waals surface area (Å²) >= 11 is 0. The number of nitrogens with two attached hydrogens (primary N) is 1. The third-order valence-electron chi connectivity index (χ3n) is 2.98. The molecule has 1 fully saturated rings. The molecule has 0 aromatic heterocycles. The molecule has 1 saturated heterocycles. The minimum atomic E-state index is -0.484. The van der Waals surface area contributed by atoms with E-state index in [0.717, 1.165) is 6.42 Å². The number of anilines is 2. The Labute approximate surface area is 111 Å². The SMILES string of the molecule is CCOc1cc(N2CCCNC(=O)C2)c(N)cc1F. The second kappa shape index (κ2) is 5.77. The van der Waals surface area contributed by atoms with Crippen LogP contribution in [0.25, 0.3) is 0 Å². The lowest BCUT2D eigenvalue weighted by molar-refractivity contribution is -0.119. The summed E-state index contributed by atoms with van der Waals surface area (Å²) in [6.07, 6.45) is 0.826. The van der Waals surface area contributed by atoms with Gasteiger partial charge in [0.25, 0.3) is 0 Å². The zero-order chi connectivity index (χ0) is 13.8. The van der Waals surface area contributed by atoms with Gasteiger partial charge in [-0.15, -0.1) is 0 Å². The molecule has 1 aromatic rings. The van der Waals surface area contributed by atoms with Gasteiger partial charge in [0.2, 0.25) is 5.91 Å². The predicted molar refractivity (Wildman–Crippen MR) is 71.8 cm³/mol. The molecule has 0 bridgehead atoms. The first kappa shape index (κ1) is 13.5. The fraction of sp³-hybridized carbons (Fsp3) is 0.462. The summed E-state index contributed by atoms with van der Waals surface area (Å²) in [5, 5.41) is 2.79. The maximum atomic E-state index is 13.6. The van der Waals surface area contributed by atoms with Crippen LogP contribution in [0.2, 0.25) is 0 Å². The Balaban J connectivity index is 2.31. The van der Waals surface area contributed by atoms with E-state index in [4.69, 9.17) is 10.5 Å². The van der Waals surface area contributed by atoms with Gasteiger partial charge in [0, 0.05) is 25.2 Å². The minimum absolute atomic E-state index is 0.0563. The number of carbonyl (C=O) groups is 1. The van der Waals surface area contributed by atoms with Crippen LogP contribution in [-0.2, 0) is 4.79 Å². The Kier molecular flexibility index (Phi) is 4.09. The highest BCUT2D eigenvalue weighted by molar-refractivity contribution is 5.83. The van der Waals surface area contributed by atoms with Crippen molar-refractivity contribution in [2.45, 2.75) is 13.3 Å². The number of halogens is 1. The van der Waals surface area contributed by atoms with Crippen molar-refractivity contribution in [2.75, 3.05) is 36.9 Å². The fourth-order valence-corrected chi connectivity index (χ4v) is 2.11. The lowest BCUT2D eigenvalue weighted by Crippen LogP contribution is -2.33. The van der Waals surface area contributed by atoms with E-state index in [2.05, 4.69) is 5.32 Å². The highest BCUT2D eigenvalue weighted by atomic mass is 19.1. The van der Waals surface area contributed by atoms with Crippen LogP contribution in [0.15, 0.2) is 12.1 Å². The number of ether oxygens (including phenoxy) is 1. The molecular formula is C13H18FN3O2. The number of amides is 1. The summed E-state index contributed by atoms with van der Waals surface area (Å²) in [5.41, 5.74) is 6.80. The second-order valence-electron chi connectivity index (χ2n) is 4.40. The maximum absolute atomic E-state index is 13.6. The molecule has 6 heteroatoms. The molecule has 1 amide bonds. The molecular weight excluding hydrogens is 249 g/mol.